The second kappa shape index (κ2) is 8.41. The summed E-state index contributed by atoms with van der Waals surface area (Å²) in [6, 6.07) is 7.02. The van der Waals surface area contributed by atoms with Crippen LogP contribution >= 0.6 is 0 Å². The lowest BCUT2D eigenvalue weighted by atomic mass is 9.78. The molecule has 1 spiro atoms. The van der Waals surface area contributed by atoms with Crippen molar-refractivity contribution in [3.05, 3.63) is 29.8 Å². The van der Waals surface area contributed by atoms with Crippen molar-refractivity contribution in [3.8, 4) is 5.75 Å². The number of rotatable bonds is 2. The summed E-state index contributed by atoms with van der Waals surface area (Å²) in [5.74, 6) is 1.02. The Morgan fingerprint density at radius 2 is 1.88 bits per heavy atom. The average molecular weight is 440 g/mol. The van der Waals surface area contributed by atoms with Gasteiger partial charge in [-0.15, -0.1) is 0 Å². The van der Waals surface area contributed by atoms with Crippen LogP contribution in [0.4, 0.5) is 0 Å². The van der Waals surface area contributed by atoms with E-state index in [-0.39, 0.29) is 24.1 Å². The number of piperidine rings is 1. The fraction of sp³-hybridized carbons (Fsp3) is 0.640. The Kier molecular flexibility index (Phi) is 5.59. The zero-order valence-electron chi connectivity index (χ0n) is 18.8. The minimum absolute atomic E-state index is 0.0448. The molecule has 0 unspecified atom stereocenters. The van der Waals surface area contributed by atoms with Gasteiger partial charge in [0.05, 0.1) is 5.56 Å². The topological polar surface area (TPSA) is 79.0 Å². The third kappa shape index (κ3) is 3.76. The molecule has 3 fully saturated rings. The van der Waals surface area contributed by atoms with E-state index in [1.165, 1.54) is 25.7 Å². The zero-order chi connectivity index (χ0) is 22.3. The Labute approximate surface area is 189 Å². The van der Waals surface area contributed by atoms with Gasteiger partial charge in [0.2, 0.25) is 11.8 Å². The van der Waals surface area contributed by atoms with E-state index in [0.29, 0.717) is 42.7 Å². The molecule has 2 saturated heterocycles. The summed E-state index contributed by atoms with van der Waals surface area (Å²) in [5.41, 5.74) is -0.390. The van der Waals surface area contributed by atoms with Gasteiger partial charge in [0.15, 0.2) is 5.72 Å². The molecule has 1 aliphatic carbocycles. The quantitative estimate of drug-likeness (QED) is 0.768. The molecule has 4 aliphatic rings. The van der Waals surface area contributed by atoms with Crippen LogP contribution < -0.4 is 10.1 Å². The number of likely N-dealkylation sites (tertiary alicyclic amines) is 2. The van der Waals surface area contributed by atoms with Crippen LogP contribution in [0, 0.1) is 5.92 Å². The number of carbonyl (C=O) groups is 3. The largest absolute Gasteiger partial charge is 0.467 e. The maximum absolute atomic E-state index is 13.5. The standard InChI is InChI=1S/C25H33N3O4/c1-17(24(31)28-15-6-8-18-7-2-4-10-20(18)28)27-16-14-25(13-12-22(27)29)26-23(30)19-9-3-5-11-21(19)32-25/h3,5,9,11,17-18,20H,2,4,6-8,10,12-16H2,1H3,(H,26,30)/t17-,18+,20+,25-/m1/s1. The monoisotopic (exact) mass is 439 g/mol. The third-order valence-corrected chi connectivity index (χ3v) is 7.95. The zero-order valence-corrected chi connectivity index (χ0v) is 18.8. The van der Waals surface area contributed by atoms with Gasteiger partial charge >= 0.3 is 0 Å². The molecule has 32 heavy (non-hydrogen) atoms. The molecule has 0 bridgehead atoms. The summed E-state index contributed by atoms with van der Waals surface area (Å²) in [5, 5.41) is 3.00. The van der Waals surface area contributed by atoms with Crippen molar-refractivity contribution < 1.29 is 19.1 Å². The molecule has 3 heterocycles. The Morgan fingerprint density at radius 1 is 1.09 bits per heavy atom. The number of benzene rings is 1. The molecule has 1 N–H and O–H groups in total. The van der Waals surface area contributed by atoms with Crippen LogP contribution in [0.5, 0.6) is 5.75 Å². The van der Waals surface area contributed by atoms with E-state index in [1.54, 1.807) is 17.0 Å². The fourth-order valence-corrected chi connectivity index (χ4v) is 6.17. The molecule has 5 rings (SSSR count). The van der Waals surface area contributed by atoms with Gasteiger partial charge in [-0.05, 0) is 50.7 Å². The molecule has 7 heteroatoms. The molecule has 7 nitrogen and oxygen atoms in total. The number of hydrogen-bond acceptors (Lipinski definition) is 4. The van der Waals surface area contributed by atoms with Crippen LogP contribution in [-0.2, 0) is 9.59 Å². The van der Waals surface area contributed by atoms with E-state index in [9.17, 15) is 14.4 Å². The second-order valence-electron chi connectivity index (χ2n) is 9.85. The van der Waals surface area contributed by atoms with E-state index in [1.807, 2.05) is 19.1 Å². The highest BCUT2D eigenvalue weighted by atomic mass is 16.5. The van der Waals surface area contributed by atoms with Gasteiger partial charge < -0.3 is 19.9 Å². The first-order chi connectivity index (χ1) is 15.5. The summed E-state index contributed by atoms with van der Waals surface area (Å²) in [6.45, 7) is 3.04. The summed E-state index contributed by atoms with van der Waals surface area (Å²) in [7, 11) is 0. The number of ether oxygens (including phenoxy) is 1. The highest BCUT2D eigenvalue weighted by molar-refractivity contribution is 5.98. The van der Waals surface area contributed by atoms with Crippen molar-refractivity contribution >= 4 is 17.7 Å². The third-order valence-electron chi connectivity index (χ3n) is 7.95. The summed E-state index contributed by atoms with van der Waals surface area (Å²) >= 11 is 0. The number of hydrogen-bond donors (Lipinski definition) is 1. The molecule has 1 saturated carbocycles. The first-order valence-electron chi connectivity index (χ1n) is 12.2. The smallest absolute Gasteiger partial charge is 0.258 e. The van der Waals surface area contributed by atoms with Crippen molar-refractivity contribution in [2.24, 2.45) is 5.92 Å². The predicted octanol–water partition coefficient (Wildman–Crippen LogP) is 3.09. The maximum Gasteiger partial charge on any atom is 0.258 e. The summed E-state index contributed by atoms with van der Waals surface area (Å²) < 4.78 is 6.23. The minimum Gasteiger partial charge on any atom is -0.467 e. The van der Waals surface area contributed by atoms with Gasteiger partial charge in [0.1, 0.15) is 11.8 Å². The first-order valence-corrected chi connectivity index (χ1v) is 12.2. The maximum atomic E-state index is 13.5. The molecule has 0 aromatic heterocycles. The molecular weight excluding hydrogens is 406 g/mol. The number of amides is 3. The lowest BCUT2D eigenvalue weighted by Crippen LogP contribution is -2.57. The van der Waals surface area contributed by atoms with E-state index >= 15 is 0 Å². The lowest BCUT2D eigenvalue weighted by Gasteiger charge is -2.46. The Morgan fingerprint density at radius 3 is 2.75 bits per heavy atom. The molecule has 172 valence electrons. The van der Waals surface area contributed by atoms with Crippen LogP contribution in [0.15, 0.2) is 24.3 Å². The van der Waals surface area contributed by atoms with E-state index < -0.39 is 11.8 Å². The SMILES string of the molecule is C[C@H](C(=O)N1CCC[C@@H]2CCCC[C@@H]21)N1CC[C@]2(CCC1=O)NC(=O)c1ccccc1O2. The normalized spacial score (nSPS) is 31.2. The fourth-order valence-electron chi connectivity index (χ4n) is 6.17. The molecule has 4 atom stereocenters. The number of para-hydroxylation sites is 1. The van der Waals surface area contributed by atoms with Gasteiger partial charge in [0.25, 0.3) is 5.91 Å². The summed E-state index contributed by atoms with van der Waals surface area (Å²) in [6.07, 6.45) is 8.12. The number of fused-ring (bicyclic) bond motifs is 2. The van der Waals surface area contributed by atoms with Gasteiger partial charge in [0, 0.05) is 38.4 Å². The Hall–Kier alpha value is -2.57. The van der Waals surface area contributed by atoms with Gasteiger partial charge in [-0.25, -0.2) is 0 Å². The molecule has 3 aliphatic heterocycles. The highest BCUT2D eigenvalue weighted by Crippen LogP contribution is 2.37. The molecule has 1 aromatic carbocycles. The number of nitrogens with zero attached hydrogens (tertiary/aromatic N) is 2. The van der Waals surface area contributed by atoms with Gasteiger partial charge in [-0.1, -0.05) is 25.0 Å². The van der Waals surface area contributed by atoms with Crippen LogP contribution in [-0.4, -0.2) is 58.4 Å². The van der Waals surface area contributed by atoms with Crippen molar-refractivity contribution in [1.82, 2.24) is 15.1 Å². The minimum atomic E-state index is -0.905. The molecular formula is C25H33N3O4. The molecule has 0 radical (unpaired) electrons. The van der Waals surface area contributed by atoms with E-state index in [2.05, 4.69) is 10.2 Å². The van der Waals surface area contributed by atoms with Crippen molar-refractivity contribution in [2.45, 2.75) is 82.5 Å². The van der Waals surface area contributed by atoms with Crippen molar-refractivity contribution in [3.63, 3.8) is 0 Å². The Balaban J connectivity index is 1.30. The van der Waals surface area contributed by atoms with Crippen LogP contribution in [0.25, 0.3) is 0 Å². The van der Waals surface area contributed by atoms with Gasteiger partial charge in [-0.2, -0.15) is 0 Å². The Bertz CT molecular complexity index is 916. The summed E-state index contributed by atoms with van der Waals surface area (Å²) in [4.78, 5) is 43.0. The molecule has 1 aromatic rings. The van der Waals surface area contributed by atoms with E-state index in [0.717, 1.165) is 19.4 Å². The number of carbonyl (C=O) groups excluding carboxylic acids is 3. The van der Waals surface area contributed by atoms with Crippen molar-refractivity contribution in [2.75, 3.05) is 13.1 Å². The van der Waals surface area contributed by atoms with Crippen LogP contribution in [0.3, 0.4) is 0 Å². The van der Waals surface area contributed by atoms with E-state index in [4.69, 9.17) is 4.74 Å². The van der Waals surface area contributed by atoms with Crippen LogP contribution in [0.1, 0.15) is 75.1 Å². The number of nitrogens with one attached hydrogen (secondary N) is 1. The second-order valence-corrected chi connectivity index (χ2v) is 9.85. The lowest BCUT2D eigenvalue weighted by molar-refractivity contribution is -0.149. The average Bonchev–Trinajstić information content (AvgIpc) is 2.96. The van der Waals surface area contributed by atoms with Crippen molar-refractivity contribution in [1.29, 1.82) is 0 Å². The highest BCUT2D eigenvalue weighted by Gasteiger charge is 2.45. The van der Waals surface area contributed by atoms with Crippen LogP contribution in [0.2, 0.25) is 0 Å². The van der Waals surface area contributed by atoms with Gasteiger partial charge in [-0.3, -0.25) is 14.4 Å². The first kappa shape index (κ1) is 21.3. The predicted molar refractivity (Wildman–Crippen MR) is 119 cm³/mol. The molecule has 3 amide bonds.